The summed E-state index contributed by atoms with van der Waals surface area (Å²) in [6.07, 6.45) is -3.82. The summed E-state index contributed by atoms with van der Waals surface area (Å²) in [4.78, 5) is 11.0. The van der Waals surface area contributed by atoms with Crippen molar-refractivity contribution in [3.05, 3.63) is 18.0 Å². The number of amides is 1. The van der Waals surface area contributed by atoms with Crippen molar-refractivity contribution in [1.29, 1.82) is 0 Å². The fourth-order valence-electron chi connectivity index (χ4n) is 0.977. The molecule has 0 radical (unpaired) electrons. The van der Waals surface area contributed by atoms with E-state index in [1.54, 1.807) is 0 Å². The quantitative estimate of drug-likeness (QED) is 0.833. The molecule has 1 aromatic rings. The number of nitrogens with zero attached hydrogens (tertiary/aromatic N) is 2. The van der Waals surface area contributed by atoms with Gasteiger partial charge in [-0.05, 0) is 6.07 Å². The van der Waals surface area contributed by atoms with Gasteiger partial charge in [0.25, 0.3) is 5.91 Å². The van der Waals surface area contributed by atoms with E-state index in [1.165, 1.54) is 19.3 Å². The summed E-state index contributed by atoms with van der Waals surface area (Å²) in [5, 5.41) is 6.02. The molecule has 7 heteroatoms. The van der Waals surface area contributed by atoms with E-state index < -0.39 is 18.5 Å². The molecule has 15 heavy (non-hydrogen) atoms. The maximum atomic E-state index is 11.9. The van der Waals surface area contributed by atoms with Gasteiger partial charge in [0.2, 0.25) is 0 Å². The summed E-state index contributed by atoms with van der Waals surface area (Å²) in [5.74, 6) is -0.416. The number of nitrogens with one attached hydrogen (secondary N) is 1. The molecular formula is C8H10F3N3O. The van der Waals surface area contributed by atoms with Gasteiger partial charge in [-0.1, -0.05) is 0 Å². The Bertz CT molecular complexity index is 345. The number of carbonyl (C=O) groups excluding carboxylic acids is 1. The average molecular weight is 221 g/mol. The van der Waals surface area contributed by atoms with E-state index in [9.17, 15) is 18.0 Å². The smallest absolute Gasteiger partial charge is 0.354 e. The van der Waals surface area contributed by atoms with Gasteiger partial charge in [-0.15, -0.1) is 0 Å². The number of hydrogen-bond donors (Lipinski definition) is 1. The van der Waals surface area contributed by atoms with Crippen LogP contribution in [0.25, 0.3) is 0 Å². The number of carbonyl (C=O) groups is 1. The molecule has 1 rings (SSSR count). The molecule has 0 spiro atoms. The Morgan fingerprint density at radius 1 is 1.60 bits per heavy atom. The van der Waals surface area contributed by atoms with Gasteiger partial charge in [0.15, 0.2) is 0 Å². The maximum Gasteiger partial charge on any atom is 0.390 e. The van der Waals surface area contributed by atoms with Crippen molar-refractivity contribution in [3.63, 3.8) is 0 Å². The summed E-state index contributed by atoms with van der Waals surface area (Å²) in [7, 11) is 1.43. The molecule has 1 amide bonds. The first-order valence-electron chi connectivity index (χ1n) is 4.24. The van der Waals surface area contributed by atoms with Crippen LogP contribution in [0.4, 0.5) is 13.2 Å². The van der Waals surface area contributed by atoms with Crippen molar-refractivity contribution in [1.82, 2.24) is 15.1 Å². The van der Waals surface area contributed by atoms with Crippen LogP contribution < -0.4 is 5.32 Å². The summed E-state index contributed by atoms with van der Waals surface area (Å²) in [6, 6.07) is 1.37. The molecule has 0 bridgehead atoms. The molecule has 0 aliphatic heterocycles. The molecule has 4 nitrogen and oxygen atoms in total. The first-order valence-corrected chi connectivity index (χ1v) is 4.24. The maximum absolute atomic E-state index is 11.9. The van der Waals surface area contributed by atoms with Gasteiger partial charge in [0.05, 0.1) is 6.42 Å². The molecule has 0 aromatic carbocycles. The second-order valence-electron chi connectivity index (χ2n) is 2.91. The van der Waals surface area contributed by atoms with Crippen LogP contribution >= 0.6 is 0 Å². The zero-order valence-electron chi connectivity index (χ0n) is 8.01. The highest BCUT2D eigenvalue weighted by atomic mass is 19.4. The zero-order valence-corrected chi connectivity index (χ0v) is 8.01. The lowest BCUT2D eigenvalue weighted by Gasteiger charge is -2.05. The first-order chi connectivity index (χ1) is 6.92. The highest BCUT2D eigenvalue weighted by Gasteiger charge is 2.26. The molecule has 1 N–H and O–H groups in total. The molecule has 84 valence electrons. The van der Waals surface area contributed by atoms with E-state index >= 15 is 0 Å². The summed E-state index contributed by atoms with van der Waals surface area (Å²) < 4.78 is 36.7. The minimum absolute atomic E-state index is 0.111. The summed E-state index contributed by atoms with van der Waals surface area (Å²) in [6.45, 7) is -0.277. The molecule has 0 unspecified atom stereocenters. The largest absolute Gasteiger partial charge is 0.390 e. The van der Waals surface area contributed by atoms with Crippen LogP contribution in [0.1, 0.15) is 16.9 Å². The Morgan fingerprint density at radius 2 is 2.27 bits per heavy atom. The van der Waals surface area contributed by atoms with Crippen molar-refractivity contribution in [3.8, 4) is 0 Å². The third kappa shape index (κ3) is 3.61. The molecule has 0 aliphatic rings. The van der Waals surface area contributed by atoms with Crippen molar-refractivity contribution >= 4 is 5.91 Å². The average Bonchev–Trinajstić information content (AvgIpc) is 2.61. The third-order valence-corrected chi connectivity index (χ3v) is 1.72. The highest BCUT2D eigenvalue weighted by Crippen LogP contribution is 2.19. The van der Waals surface area contributed by atoms with E-state index in [0.29, 0.717) is 0 Å². The Hall–Kier alpha value is -1.53. The number of halogens is 3. The Labute approximate surface area is 84.1 Å². The Kier molecular flexibility index (Phi) is 3.33. The second kappa shape index (κ2) is 4.33. The van der Waals surface area contributed by atoms with Gasteiger partial charge in [-0.25, -0.2) is 0 Å². The van der Waals surface area contributed by atoms with Crippen LogP contribution in [0.5, 0.6) is 0 Å². The zero-order chi connectivity index (χ0) is 11.5. The van der Waals surface area contributed by atoms with Crippen LogP contribution in [0, 0.1) is 0 Å². The predicted octanol–water partition coefficient (Wildman–Crippen LogP) is 1.20. The van der Waals surface area contributed by atoms with Crippen LogP contribution in [0.3, 0.4) is 0 Å². The molecule has 1 heterocycles. The van der Waals surface area contributed by atoms with Gasteiger partial charge in [0, 0.05) is 19.8 Å². The van der Waals surface area contributed by atoms with Gasteiger partial charge in [-0.2, -0.15) is 18.3 Å². The summed E-state index contributed by atoms with van der Waals surface area (Å²) in [5.41, 5.74) is 0.111. The van der Waals surface area contributed by atoms with Crippen LogP contribution in [-0.4, -0.2) is 28.9 Å². The topological polar surface area (TPSA) is 46.9 Å². The number of hydrogen-bond acceptors (Lipinski definition) is 2. The van der Waals surface area contributed by atoms with Gasteiger partial charge in [0.1, 0.15) is 5.69 Å². The van der Waals surface area contributed by atoms with Crippen molar-refractivity contribution < 1.29 is 18.0 Å². The molecule has 0 saturated heterocycles. The van der Waals surface area contributed by atoms with Gasteiger partial charge >= 0.3 is 6.18 Å². The fourth-order valence-corrected chi connectivity index (χ4v) is 0.977. The second-order valence-corrected chi connectivity index (χ2v) is 2.91. The van der Waals surface area contributed by atoms with Crippen molar-refractivity contribution in [2.45, 2.75) is 19.1 Å². The lowest BCUT2D eigenvalue weighted by atomic mass is 10.4. The van der Waals surface area contributed by atoms with E-state index in [0.717, 1.165) is 4.68 Å². The minimum atomic E-state index is -4.21. The minimum Gasteiger partial charge on any atom is -0.354 e. The molecule has 0 fully saturated rings. The molecule has 1 aromatic heterocycles. The standard InChI is InChI=1S/C8H10F3N3O/c1-12-7(15)6-2-4-14(13-6)5-3-8(9,10)11/h2,4H,3,5H2,1H3,(H,12,15). The Morgan fingerprint density at radius 3 is 2.80 bits per heavy atom. The number of alkyl halides is 3. The number of aromatic nitrogens is 2. The number of rotatable bonds is 3. The molecule has 0 saturated carbocycles. The lowest BCUT2D eigenvalue weighted by Crippen LogP contribution is -2.19. The van der Waals surface area contributed by atoms with Crippen LogP contribution in [0.15, 0.2) is 12.3 Å². The SMILES string of the molecule is CNC(=O)c1ccn(CCC(F)(F)F)n1. The monoisotopic (exact) mass is 221 g/mol. The van der Waals surface area contributed by atoms with Gasteiger partial charge in [-0.3, -0.25) is 9.48 Å². The molecule has 0 aliphatic carbocycles. The van der Waals surface area contributed by atoms with Crippen LogP contribution in [-0.2, 0) is 6.54 Å². The first kappa shape index (κ1) is 11.5. The highest BCUT2D eigenvalue weighted by molar-refractivity contribution is 5.91. The number of aryl methyl sites for hydroxylation is 1. The van der Waals surface area contributed by atoms with Crippen molar-refractivity contribution in [2.24, 2.45) is 0 Å². The van der Waals surface area contributed by atoms with E-state index in [4.69, 9.17) is 0 Å². The van der Waals surface area contributed by atoms with Crippen LogP contribution in [0.2, 0.25) is 0 Å². The molecular weight excluding hydrogens is 211 g/mol. The Balaban J connectivity index is 2.57. The summed E-state index contributed by atoms with van der Waals surface area (Å²) >= 11 is 0. The fraction of sp³-hybridized carbons (Fsp3) is 0.500. The van der Waals surface area contributed by atoms with Crippen molar-refractivity contribution in [2.75, 3.05) is 7.05 Å². The van der Waals surface area contributed by atoms with E-state index in [2.05, 4.69) is 10.4 Å². The normalized spacial score (nSPS) is 11.5. The van der Waals surface area contributed by atoms with E-state index in [-0.39, 0.29) is 12.2 Å². The van der Waals surface area contributed by atoms with E-state index in [1.807, 2.05) is 0 Å². The molecule has 0 atom stereocenters. The van der Waals surface area contributed by atoms with Gasteiger partial charge < -0.3 is 5.32 Å². The third-order valence-electron chi connectivity index (χ3n) is 1.72. The lowest BCUT2D eigenvalue weighted by molar-refractivity contribution is -0.137. The predicted molar refractivity (Wildman–Crippen MR) is 46.3 cm³/mol.